The fourth-order valence-electron chi connectivity index (χ4n) is 2.69. The highest BCUT2D eigenvalue weighted by Gasteiger charge is 2.45. The van der Waals surface area contributed by atoms with Crippen molar-refractivity contribution in [2.45, 2.75) is 27.8 Å². The number of alkyl halides is 3. The summed E-state index contributed by atoms with van der Waals surface area (Å²) < 4.78 is 68.9. The first-order chi connectivity index (χ1) is 12.3. The maximum atomic E-state index is 14.1. The molecule has 0 aliphatic heterocycles. The Morgan fingerprint density at radius 3 is 1.88 bits per heavy atom. The monoisotopic (exact) mass is 381 g/mol. The van der Waals surface area contributed by atoms with E-state index < -0.39 is 34.3 Å². The number of benzene rings is 3. The molecule has 3 aromatic carbocycles. The summed E-state index contributed by atoms with van der Waals surface area (Å²) in [5, 5.41) is 0. The van der Waals surface area contributed by atoms with Crippen LogP contribution in [0, 0.1) is 18.6 Å². The van der Waals surface area contributed by atoms with E-state index in [4.69, 9.17) is 0 Å². The summed E-state index contributed by atoms with van der Waals surface area (Å²) in [5.41, 5.74) is -1.06. The summed E-state index contributed by atoms with van der Waals surface area (Å²) in [5.74, 6) is -1.85. The molecule has 0 saturated heterocycles. The van der Waals surface area contributed by atoms with Gasteiger partial charge in [0, 0.05) is 5.56 Å². The summed E-state index contributed by atoms with van der Waals surface area (Å²) >= 11 is 0. The molecule has 134 valence electrons. The quantitative estimate of drug-likeness (QED) is 0.364. The molecule has 1 atom stereocenters. The van der Waals surface area contributed by atoms with Crippen molar-refractivity contribution in [3.63, 3.8) is 0 Å². The van der Waals surface area contributed by atoms with E-state index in [9.17, 15) is 22.0 Å². The van der Waals surface area contributed by atoms with Gasteiger partial charge in [0.25, 0.3) is 0 Å². The van der Waals surface area contributed by atoms with Crippen LogP contribution in [0.4, 0.5) is 22.0 Å². The molecular formula is C20H14F5S+. The van der Waals surface area contributed by atoms with Gasteiger partial charge >= 0.3 is 6.18 Å². The van der Waals surface area contributed by atoms with Crippen molar-refractivity contribution >= 4 is 10.9 Å². The van der Waals surface area contributed by atoms with Crippen LogP contribution >= 0.6 is 0 Å². The minimum atomic E-state index is -4.86. The SMILES string of the molecule is Cc1c(F)cccc1[S+](c1ccccc1)c1cccc(F)c1C(F)(F)F. The Morgan fingerprint density at radius 1 is 0.692 bits per heavy atom. The number of hydrogen-bond donors (Lipinski definition) is 0. The average molecular weight is 381 g/mol. The van der Waals surface area contributed by atoms with Crippen LogP contribution in [0.15, 0.2) is 81.4 Å². The molecule has 26 heavy (non-hydrogen) atoms. The van der Waals surface area contributed by atoms with Gasteiger partial charge in [0.05, 0.1) is 0 Å². The minimum Gasteiger partial charge on any atom is -0.207 e. The van der Waals surface area contributed by atoms with Crippen molar-refractivity contribution < 1.29 is 22.0 Å². The van der Waals surface area contributed by atoms with Gasteiger partial charge in [-0.1, -0.05) is 30.3 Å². The first-order valence-electron chi connectivity index (χ1n) is 7.71. The fourth-order valence-corrected chi connectivity index (χ4v) is 5.11. The van der Waals surface area contributed by atoms with E-state index in [2.05, 4.69) is 0 Å². The van der Waals surface area contributed by atoms with Crippen molar-refractivity contribution in [1.82, 2.24) is 0 Å². The summed E-state index contributed by atoms with van der Waals surface area (Å²) in [6, 6.07) is 16.0. The molecule has 0 aliphatic carbocycles. The van der Waals surface area contributed by atoms with Gasteiger partial charge in [0.1, 0.15) is 28.1 Å². The van der Waals surface area contributed by atoms with Gasteiger partial charge in [-0.15, -0.1) is 0 Å². The Hall–Kier alpha value is -2.34. The second-order valence-electron chi connectivity index (χ2n) is 5.59. The van der Waals surface area contributed by atoms with E-state index in [-0.39, 0.29) is 10.5 Å². The highest BCUT2D eigenvalue weighted by molar-refractivity contribution is 7.97. The van der Waals surface area contributed by atoms with E-state index in [0.717, 1.165) is 6.07 Å². The molecule has 1 unspecified atom stereocenters. The molecule has 3 rings (SSSR count). The lowest BCUT2D eigenvalue weighted by Gasteiger charge is -2.15. The highest BCUT2D eigenvalue weighted by Crippen LogP contribution is 2.42. The molecular weight excluding hydrogens is 367 g/mol. The van der Waals surface area contributed by atoms with E-state index in [1.807, 2.05) is 0 Å². The van der Waals surface area contributed by atoms with Crippen LogP contribution in [0.2, 0.25) is 0 Å². The molecule has 0 heterocycles. The summed E-state index contributed by atoms with van der Waals surface area (Å²) in [7, 11) is -1.30. The third-order valence-corrected chi connectivity index (χ3v) is 6.30. The van der Waals surface area contributed by atoms with E-state index in [1.54, 1.807) is 36.4 Å². The summed E-state index contributed by atoms with van der Waals surface area (Å²) in [6.07, 6.45) is -4.86. The van der Waals surface area contributed by atoms with E-state index in [1.165, 1.54) is 31.2 Å². The maximum Gasteiger partial charge on any atom is 0.424 e. The van der Waals surface area contributed by atoms with Gasteiger partial charge in [0.2, 0.25) is 0 Å². The Labute approximate surface area is 150 Å². The zero-order valence-corrected chi connectivity index (χ0v) is 14.5. The van der Waals surface area contributed by atoms with Gasteiger partial charge in [-0.05, 0) is 43.3 Å². The molecule has 0 aliphatic rings. The third kappa shape index (κ3) is 3.46. The molecule has 0 spiro atoms. The molecule has 3 aromatic rings. The minimum absolute atomic E-state index is 0.211. The Morgan fingerprint density at radius 2 is 1.27 bits per heavy atom. The molecule has 0 radical (unpaired) electrons. The Bertz CT molecular complexity index is 919. The van der Waals surface area contributed by atoms with Crippen LogP contribution < -0.4 is 0 Å². The molecule has 6 heteroatoms. The average Bonchev–Trinajstić information content (AvgIpc) is 2.59. The second-order valence-corrected chi connectivity index (χ2v) is 7.56. The normalized spacial score (nSPS) is 12.8. The fraction of sp³-hybridized carbons (Fsp3) is 0.100. The zero-order valence-electron chi connectivity index (χ0n) is 13.6. The van der Waals surface area contributed by atoms with E-state index in [0.29, 0.717) is 9.79 Å². The van der Waals surface area contributed by atoms with Gasteiger partial charge in [-0.3, -0.25) is 0 Å². The lowest BCUT2D eigenvalue weighted by Crippen LogP contribution is -2.17. The van der Waals surface area contributed by atoms with E-state index >= 15 is 0 Å². The van der Waals surface area contributed by atoms with Gasteiger partial charge < -0.3 is 0 Å². The van der Waals surface area contributed by atoms with Crippen LogP contribution in [0.1, 0.15) is 11.1 Å². The van der Waals surface area contributed by atoms with Crippen LogP contribution in [-0.4, -0.2) is 0 Å². The van der Waals surface area contributed by atoms with Crippen molar-refractivity contribution in [2.75, 3.05) is 0 Å². The standard InChI is InChI=1S/C20H14F5S/c1-13-15(21)9-5-11-17(13)26(14-7-3-2-4-8-14)18-12-6-10-16(22)19(18)20(23,24)25/h2-12H,1H3/q+1. The zero-order chi connectivity index (χ0) is 18.9. The topological polar surface area (TPSA) is 0 Å². The maximum absolute atomic E-state index is 14.1. The van der Waals surface area contributed by atoms with Gasteiger partial charge in [-0.25, -0.2) is 8.78 Å². The Kier molecular flexibility index (Phi) is 5.05. The molecule has 0 fully saturated rings. The van der Waals surface area contributed by atoms with Crippen LogP contribution in [0.5, 0.6) is 0 Å². The molecule has 0 aromatic heterocycles. The van der Waals surface area contributed by atoms with Crippen molar-refractivity contribution in [1.29, 1.82) is 0 Å². The van der Waals surface area contributed by atoms with Crippen LogP contribution in [-0.2, 0) is 17.1 Å². The predicted octanol–water partition coefficient (Wildman–Crippen LogP) is 6.39. The summed E-state index contributed by atoms with van der Waals surface area (Å²) in [4.78, 5) is 0.738. The van der Waals surface area contributed by atoms with Crippen molar-refractivity contribution in [3.8, 4) is 0 Å². The molecule has 0 N–H and O–H groups in total. The van der Waals surface area contributed by atoms with Crippen LogP contribution in [0.3, 0.4) is 0 Å². The molecule has 0 bridgehead atoms. The second kappa shape index (κ2) is 7.11. The number of rotatable bonds is 3. The lowest BCUT2D eigenvalue weighted by atomic mass is 10.2. The Balaban J connectivity index is 2.34. The third-order valence-electron chi connectivity index (χ3n) is 3.90. The predicted molar refractivity (Wildman–Crippen MR) is 91.1 cm³/mol. The molecule has 0 nitrogen and oxygen atoms in total. The van der Waals surface area contributed by atoms with Crippen molar-refractivity contribution in [2.24, 2.45) is 0 Å². The van der Waals surface area contributed by atoms with Crippen LogP contribution in [0.25, 0.3) is 0 Å². The van der Waals surface area contributed by atoms with Gasteiger partial charge in [-0.2, -0.15) is 13.2 Å². The first kappa shape index (κ1) is 18.5. The highest BCUT2D eigenvalue weighted by atomic mass is 32.2. The number of halogens is 5. The number of hydrogen-bond acceptors (Lipinski definition) is 0. The first-order valence-corrected chi connectivity index (χ1v) is 8.93. The molecule has 0 amide bonds. The lowest BCUT2D eigenvalue weighted by molar-refractivity contribution is -0.142. The smallest absolute Gasteiger partial charge is 0.207 e. The molecule has 0 saturated carbocycles. The van der Waals surface area contributed by atoms with Crippen molar-refractivity contribution in [3.05, 3.63) is 89.5 Å². The van der Waals surface area contributed by atoms with Gasteiger partial charge in [0.15, 0.2) is 14.7 Å². The largest absolute Gasteiger partial charge is 0.424 e. The summed E-state index contributed by atoms with van der Waals surface area (Å²) in [6.45, 7) is 1.51.